The van der Waals surface area contributed by atoms with Crippen LogP contribution in [0.15, 0.2) is 124 Å². The highest BCUT2D eigenvalue weighted by molar-refractivity contribution is 7.90. The number of sulfonamides is 2. The molecule has 0 fully saturated rings. The predicted octanol–water partition coefficient (Wildman–Crippen LogP) is 7.85. The molecule has 0 aliphatic rings. The summed E-state index contributed by atoms with van der Waals surface area (Å²) in [6.45, 7) is 0. The number of azide groups is 2. The van der Waals surface area contributed by atoms with Crippen molar-refractivity contribution < 1.29 is 16.8 Å². The van der Waals surface area contributed by atoms with Gasteiger partial charge in [0.1, 0.15) is 0 Å². The van der Waals surface area contributed by atoms with E-state index < -0.39 is 29.8 Å². The average molecular weight is 629 g/mol. The van der Waals surface area contributed by atoms with Crippen LogP contribution in [-0.4, -0.2) is 16.8 Å². The monoisotopic (exact) mass is 628 g/mol. The summed E-state index contributed by atoms with van der Waals surface area (Å²) in [5.74, 6) is 0. The van der Waals surface area contributed by atoms with E-state index in [0.29, 0.717) is 22.7 Å². The lowest BCUT2D eigenvalue weighted by molar-refractivity contribution is 0.595. The standard InChI is InChI=1S/C26H20N12O4S2/c27-19-5-11-21(12-6-19)31-33-23-9-3-17(25(15-23)43(39,40)37-35-29)1-2-18-4-10-24(16-26(18)44(41,42)38-36-30)34-32-22-13-7-20(28)8-14-22/h1-16H,27-28H2. The van der Waals surface area contributed by atoms with Crippen molar-refractivity contribution in [3.8, 4) is 0 Å². The molecular formula is C26H20N12O4S2. The van der Waals surface area contributed by atoms with Gasteiger partial charge in [-0.25, -0.2) is 16.8 Å². The Morgan fingerprint density at radius 2 is 0.841 bits per heavy atom. The minimum atomic E-state index is -4.53. The molecule has 44 heavy (non-hydrogen) atoms. The molecule has 16 nitrogen and oxygen atoms in total. The second kappa shape index (κ2) is 13.3. The van der Waals surface area contributed by atoms with E-state index >= 15 is 0 Å². The van der Waals surface area contributed by atoms with E-state index in [0.717, 1.165) is 12.1 Å². The summed E-state index contributed by atoms with van der Waals surface area (Å²) in [5.41, 5.74) is 31.2. The molecule has 4 N–H and O–H groups in total. The highest BCUT2D eigenvalue weighted by atomic mass is 32.2. The zero-order valence-corrected chi connectivity index (χ0v) is 23.9. The maximum absolute atomic E-state index is 12.8. The molecule has 4 rings (SSSR count). The van der Waals surface area contributed by atoms with Gasteiger partial charge in [-0.1, -0.05) is 24.3 Å². The Bertz CT molecular complexity index is 1960. The van der Waals surface area contributed by atoms with Gasteiger partial charge < -0.3 is 11.5 Å². The molecule has 0 heterocycles. The van der Waals surface area contributed by atoms with E-state index in [1.54, 1.807) is 48.5 Å². The zero-order valence-electron chi connectivity index (χ0n) is 22.3. The zero-order chi connectivity index (χ0) is 31.7. The number of nitrogen functional groups attached to an aromatic ring is 2. The molecule has 0 amide bonds. The van der Waals surface area contributed by atoms with Crippen LogP contribution in [0.25, 0.3) is 33.0 Å². The topological polar surface area (TPSA) is 267 Å². The summed E-state index contributed by atoms with van der Waals surface area (Å²) in [4.78, 5) is 3.94. The predicted molar refractivity (Wildman–Crippen MR) is 165 cm³/mol. The lowest BCUT2D eigenvalue weighted by atomic mass is 10.1. The molecule has 0 aliphatic carbocycles. The van der Waals surface area contributed by atoms with Gasteiger partial charge in [0.05, 0.1) is 32.5 Å². The van der Waals surface area contributed by atoms with Crippen LogP contribution in [-0.2, 0) is 20.0 Å². The third kappa shape index (κ3) is 7.81. The van der Waals surface area contributed by atoms with E-state index in [9.17, 15) is 16.8 Å². The molecule has 0 saturated carbocycles. The molecule has 0 aliphatic heterocycles. The van der Waals surface area contributed by atoms with Gasteiger partial charge in [-0.15, -0.1) is 0 Å². The fourth-order valence-electron chi connectivity index (χ4n) is 3.57. The van der Waals surface area contributed by atoms with Crippen molar-refractivity contribution in [1.82, 2.24) is 0 Å². The fraction of sp³-hybridized carbons (Fsp3) is 0. The van der Waals surface area contributed by atoms with Crippen LogP contribution in [0.5, 0.6) is 0 Å². The average Bonchev–Trinajstić information content (AvgIpc) is 3.00. The van der Waals surface area contributed by atoms with Crippen LogP contribution in [0.1, 0.15) is 11.1 Å². The molecule has 4 aromatic rings. The number of hydrogen-bond donors (Lipinski definition) is 2. The van der Waals surface area contributed by atoms with Crippen molar-refractivity contribution in [1.29, 1.82) is 0 Å². The van der Waals surface area contributed by atoms with Crippen molar-refractivity contribution in [2.45, 2.75) is 9.79 Å². The summed E-state index contributed by atoms with van der Waals surface area (Å²) < 4.78 is 56.9. The van der Waals surface area contributed by atoms with Crippen LogP contribution in [0.2, 0.25) is 0 Å². The van der Waals surface area contributed by atoms with Gasteiger partial charge in [-0.3, -0.25) is 0 Å². The molecule has 0 saturated heterocycles. The minimum absolute atomic E-state index is 0.0306. The van der Waals surface area contributed by atoms with Gasteiger partial charge in [0.15, 0.2) is 0 Å². The van der Waals surface area contributed by atoms with Crippen LogP contribution in [0.4, 0.5) is 34.1 Å². The Balaban J connectivity index is 1.76. The number of anilines is 2. The number of nitrogens with two attached hydrogens (primary N) is 2. The summed E-state index contributed by atoms with van der Waals surface area (Å²) in [7, 11) is -9.06. The molecule has 0 unspecified atom stereocenters. The molecule has 0 radical (unpaired) electrons. The Morgan fingerprint density at radius 3 is 1.18 bits per heavy atom. The minimum Gasteiger partial charge on any atom is -0.399 e. The van der Waals surface area contributed by atoms with E-state index in [1.807, 2.05) is 0 Å². The van der Waals surface area contributed by atoms with E-state index in [4.69, 9.17) is 22.5 Å². The Kier molecular flexibility index (Phi) is 9.32. The maximum atomic E-state index is 12.8. The fourth-order valence-corrected chi connectivity index (χ4v) is 5.34. The van der Waals surface area contributed by atoms with Crippen LogP contribution in [0, 0.1) is 0 Å². The smallest absolute Gasteiger partial charge is 0.265 e. The molecule has 220 valence electrons. The number of nitrogens with zero attached hydrogens (tertiary/aromatic N) is 10. The number of azo groups is 2. The Morgan fingerprint density at radius 1 is 0.523 bits per heavy atom. The second-order valence-corrected chi connectivity index (χ2v) is 11.8. The van der Waals surface area contributed by atoms with Gasteiger partial charge in [0.2, 0.25) is 0 Å². The third-order valence-corrected chi connectivity index (χ3v) is 8.02. The first-order valence-electron chi connectivity index (χ1n) is 12.1. The van der Waals surface area contributed by atoms with Crippen LogP contribution >= 0.6 is 0 Å². The van der Waals surface area contributed by atoms with E-state index in [2.05, 4.69) is 39.3 Å². The van der Waals surface area contributed by atoms with Gasteiger partial charge in [-0.05, 0) is 95.0 Å². The molecule has 0 atom stereocenters. The summed E-state index contributed by atoms with van der Waals surface area (Å²) in [6, 6.07) is 20.8. The first kappa shape index (κ1) is 30.9. The largest absolute Gasteiger partial charge is 0.399 e. The van der Waals surface area contributed by atoms with Gasteiger partial charge >= 0.3 is 0 Å². The SMILES string of the molecule is [N-]=[N+]=NS(=O)(=O)c1cc(N=Nc2ccc(N)cc2)ccc1C=Cc1ccc(N=Nc2ccc(N)cc2)cc1S(=O)(=O)N=[N+]=[N-]. The summed E-state index contributed by atoms with van der Waals surface area (Å²) in [6.07, 6.45) is 2.56. The van der Waals surface area contributed by atoms with Gasteiger partial charge in [0, 0.05) is 30.2 Å². The quantitative estimate of drug-likeness (QED) is 0.0579. The van der Waals surface area contributed by atoms with Crippen LogP contribution in [0.3, 0.4) is 0 Å². The lowest BCUT2D eigenvalue weighted by Gasteiger charge is -2.07. The van der Waals surface area contributed by atoms with Crippen molar-refractivity contribution >= 4 is 66.3 Å². The number of benzene rings is 4. The van der Waals surface area contributed by atoms with Crippen molar-refractivity contribution in [2.24, 2.45) is 29.5 Å². The van der Waals surface area contributed by atoms with Crippen molar-refractivity contribution in [2.75, 3.05) is 11.5 Å². The van der Waals surface area contributed by atoms with Crippen LogP contribution < -0.4 is 11.5 Å². The second-order valence-electron chi connectivity index (χ2n) is 8.65. The maximum Gasteiger partial charge on any atom is 0.265 e. The summed E-state index contributed by atoms with van der Waals surface area (Å²) >= 11 is 0. The molecule has 0 bridgehead atoms. The van der Waals surface area contributed by atoms with Gasteiger partial charge in [-0.2, -0.15) is 20.5 Å². The lowest BCUT2D eigenvalue weighted by Crippen LogP contribution is -1.99. The molecule has 0 aromatic heterocycles. The summed E-state index contributed by atoms with van der Waals surface area (Å²) in [5, 5.41) is 16.1. The number of hydrogen-bond acceptors (Lipinski definition) is 10. The molecule has 0 spiro atoms. The highest BCUT2D eigenvalue weighted by Gasteiger charge is 2.19. The van der Waals surface area contributed by atoms with E-state index in [1.165, 1.54) is 36.4 Å². The Labute approximate surface area is 250 Å². The van der Waals surface area contributed by atoms with E-state index in [-0.39, 0.29) is 22.5 Å². The molecule has 4 aromatic carbocycles. The van der Waals surface area contributed by atoms with Gasteiger partial charge in [0.25, 0.3) is 20.0 Å². The highest BCUT2D eigenvalue weighted by Crippen LogP contribution is 2.31. The first-order chi connectivity index (χ1) is 21.0. The molecule has 18 heteroatoms. The first-order valence-corrected chi connectivity index (χ1v) is 15.0. The normalized spacial score (nSPS) is 11.9. The van der Waals surface area contributed by atoms with Crippen molar-refractivity contribution in [3.63, 3.8) is 0 Å². The third-order valence-electron chi connectivity index (χ3n) is 5.63. The Hall–Kier alpha value is -6.06. The van der Waals surface area contributed by atoms with Crippen molar-refractivity contribution in [3.05, 3.63) is 117 Å². The molecular weight excluding hydrogens is 609 g/mol. The number of rotatable bonds is 10.